The van der Waals surface area contributed by atoms with E-state index in [0.29, 0.717) is 5.02 Å². The summed E-state index contributed by atoms with van der Waals surface area (Å²) in [4.78, 5) is 50.8. The van der Waals surface area contributed by atoms with E-state index in [9.17, 15) is 19.2 Å². The summed E-state index contributed by atoms with van der Waals surface area (Å²) in [6, 6.07) is 5.32. The molecule has 1 aromatic carbocycles. The molecule has 6 nitrogen and oxygen atoms in total. The van der Waals surface area contributed by atoms with Crippen LogP contribution in [0.3, 0.4) is 0 Å². The maximum absolute atomic E-state index is 12.6. The van der Waals surface area contributed by atoms with Crippen LogP contribution in [0, 0.1) is 5.92 Å². The number of halogens is 1. The molecule has 120 valence electrons. The fourth-order valence-corrected chi connectivity index (χ4v) is 2.46. The highest BCUT2D eigenvalue weighted by atomic mass is 35.5. The predicted octanol–water partition coefficient (Wildman–Crippen LogP) is 2.42. The van der Waals surface area contributed by atoms with Crippen LogP contribution in [0.25, 0.3) is 0 Å². The van der Waals surface area contributed by atoms with Crippen molar-refractivity contribution < 1.29 is 19.2 Å². The minimum absolute atomic E-state index is 0.0116. The van der Waals surface area contributed by atoms with Gasteiger partial charge in [-0.1, -0.05) is 29.8 Å². The Hall–Kier alpha value is -2.47. The van der Waals surface area contributed by atoms with Gasteiger partial charge in [0.2, 0.25) is 0 Å². The number of allylic oxidation sites excluding steroid dienone is 1. The standard InChI is InChI=1S/C16H15ClN2O4/c1-3-4-8-18-14(21)13(10(2)20)15(22)19(16(18)23)12-7-5-6-11(17)9-12/h3-7,9,13H,8H2,1-2H3. The molecule has 1 heterocycles. The second-order valence-corrected chi connectivity index (χ2v) is 5.43. The van der Waals surface area contributed by atoms with Gasteiger partial charge >= 0.3 is 6.03 Å². The SMILES string of the molecule is CC=CCN1C(=O)C(C(C)=O)C(=O)N(c2cccc(Cl)c2)C1=O. The fourth-order valence-electron chi connectivity index (χ4n) is 2.28. The molecule has 1 aliphatic rings. The van der Waals surface area contributed by atoms with Gasteiger partial charge < -0.3 is 0 Å². The van der Waals surface area contributed by atoms with E-state index in [0.717, 1.165) is 16.7 Å². The molecule has 4 amide bonds. The van der Waals surface area contributed by atoms with Crippen molar-refractivity contribution in [2.45, 2.75) is 13.8 Å². The molecular weight excluding hydrogens is 320 g/mol. The number of amides is 4. The van der Waals surface area contributed by atoms with Crippen molar-refractivity contribution in [1.82, 2.24) is 4.90 Å². The van der Waals surface area contributed by atoms with E-state index in [1.54, 1.807) is 31.2 Å². The smallest absolute Gasteiger partial charge is 0.299 e. The van der Waals surface area contributed by atoms with Crippen molar-refractivity contribution in [2.24, 2.45) is 5.92 Å². The molecule has 2 rings (SSSR count). The first kappa shape index (κ1) is 16.9. The van der Waals surface area contributed by atoms with Crippen LogP contribution in [0.15, 0.2) is 36.4 Å². The van der Waals surface area contributed by atoms with E-state index in [4.69, 9.17) is 11.6 Å². The van der Waals surface area contributed by atoms with E-state index in [-0.39, 0.29) is 12.2 Å². The summed E-state index contributed by atoms with van der Waals surface area (Å²) < 4.78 is 0. The van der Waals surface area contributed by atoms with Crippen molar-refractivity contribution in [3.63, 3.8) is 0 Å². The van der Waals surface area contributed by atoms with E-state index >= 15 is 0 Å². The maximum atomic E-state index is 12.6. The van der Waals surface area contributed by atoms with Gasteiger partial charge in [-0.25, -0.2) is 9.69 Å². The fraction of sp³-hybridized carbons (Fsp3) is 0.250. The lowest BCUT2D eigenvalue weighted by molar-refractivity contribution is -0.145. The van der Waals surface area contributed by atoms with Crippen LogP contribution >= 0.6 is 11.6 Å². The Labute approximate surface area is 138 Å². The molecular formula is C16H15ClN2O4. The van der Waals surface area contributed by atoms with Gasteiger partial charge in [-0.3, -0.25) is 19.3 Å². The molecule has 1 fully saturated rings. The first-order chi connectivity index (χ1) is 10.9. The van der Waals surface area contributed by atoms with Crippen molar-refractivity contribution in [1.29, 1.82) is 0 Å². The molecule has 1 aromatic rings. The van der Waals surface area contributed by atoms with E-state index < -0.39 is 29.5 Å². The number of carbonyl (C=O) groups excluding carboxylic acids is 4. The van der Waals surface area contributed by atoms with Crippen LogP contribution in [0.2, 0.25) is 5.02 Å². The van der Waals surface area contributed by atoms with Crippen LogP contribution in [-0.4, -0.2) is 35.1 Å². The second-order valence-electron chi connectivity index (χ2n) is 5.00. The molecule has 0 spiro atoms. The number of Topliss-reactive ketones (excluding diaryl/α,β-unsaturated/α-hetero) is 1. The average molecular weight is 335 g/mol. The van der Waals surface area contributed by atoms with Crippen molar-refractivity contribution in [2.75, 3.05) is 11.4 Å². The van der Waals surface area contributed by atoms with Crippen LogP contribution in [0.5, 0.6) is 0 Å². The lowest BCUT2D eigenvalue weighted by atomic mass is 9.98. The number of benzene rings is 1. The number of carbonyl (C=O) groups is 4. The van der Waals surface area contributed by atoms with Crippen molar-refractivity contribution in [3.05, 3.63) is 41.4 Å². The summed E-state index contributed by atoms with van der Waals surface area (Å²) in [5.41, 5.74) is 0.219. The summed E-state index contributed by atoms with van der Waals surface area (Å²) in [5.74, 6) is -3.78. The number of hydrogen-bond acceptors (Lipinski definition) is 4. The van der Waals surface area contributed by atoms with E-state index in [1.807, 2.05) is 0 Å². The number of rotatable bonds is 4. The Kier molecular flexibility index (Phi) is 4.95. The molecule has 7 heteroatoms. The van der Waals surface area contributed by atoms with Crippen LogP contribution < -0.4 is 4.90 Å². The molecule has 0 aromatic heterocycles. The number of imide groups is 2. The van der Waals surface area contributed by atoms with Crippen molar-refractivity contribution in [3.8, 4) is 0 Å². The summed E-state index contributed by atoms with van der Waals surface area (Å²) in [7, 11) is 0. The Balaban J connectivity index is 2.51. The summed E-state index contributed by atoms with van der Waals surface area (Å²) in [5, 5.41) is 0.333. The molecule has 1 saturated heterocycles. The van der Waals surface area contributed by atoms with Gasteiger partial charge in [-0.05, 0) is 32.0 Å². The normalized spacial score (nSPS) is 18.9. The number of hydrogen-bond donors (Lipinski definition) is 0. The van der Waals surface area contributed by atoms with Gasteiger partial charge in [0.25, 0.3) is 11.8 Å². The minimum Gasteiger partial charge on any atom is -0.299 e. The van der Waals surface area contributed by atoms with Crippen LogP contribution in [0.1, 0.15) is 13.8 Å². The van der Waals surface area contributed by atoms with E-state index in [1.165, 1.54) is 12.1 Å². The molecule has 1 aliphatic heterocycles. The Morgan fingerprint density at radius 1 is 1.26 bits per heavy atom. The first-order valence-corrected chi connectivity index (χ1v) is 7.32. The number of ketones is 1. The lowest BCUT2D eigenvalue weighted by Gasteiger charge is -2.35. The van der Waals surface area contributed by atoms with Gasteiger partial charge in [0.15, 0.2) is 11.7 Å². The second kappa shape index (κ2) is 6.75. The van der Waals surface area contributed by atoms with Gasteiger partial charge in [0, 0.05) is 11.6 Å². The highest BCUT2D eigenvalue weighted by Crippen LogP contribution is 2.27. The highest BCUT2D eigenvalue weighted by Gasteiger charge is 2.48. The number of nitrogens with zero attached hydrogens (tertiary/aromatic N) is 2. The zero-order valence-corrected chi connectivity index (χ0v) is 13.4. The molecule has 1 unspecified atom stereocenters. The third-order valence-electron chi connectivity index (χ3n) is 3.40. The molecule has 0 N–H and O–H groups in total. The summed E-state index contributed by atoms with van der Waals surface area (Å²) in [6.07, 6.45) is 3.27. The third-order valence-corrected chi connectivity index (χ3v) is 3.63. The summed E-state index contributed by atoms with van der Waals surface area (Å²) >= 11 is 5.90. The minimum atomic E-state index is -1.52. The molecule has 0 saturated carbocycles. The Morgan fingerprint density at radius 3 is 2.52 bits per heavy atom. The Morgan fingerprint density at radius 2 is 1.96 bits per heavy atom. The monoisotopic (exact) mass is 334 g/mol. The maximum Gasteiger partial charge on any atom is 0.338 e. The van der Waals surface area contributed by atoms with Crippen LogP contribution in [0.4, 0.5) is 10.5 Å². The zero-order chi connectivity index (χ0) is 17.1. The van der Waals surface area contributed by atoms with Gasteiger partial charge in [0.05, 0.1) is 5.69 Å². The Bertz CT molecular complexity index is 714. The predicted molar refractivity (Wildman–Crippen MR) is 85.0 cm³/mol. The van der Waals surface area contributed by atoms with Crippen LogP contribution in [-0.2, 0) is 14.4 Å². The zero-order valence-electron chi connectivity index (χ0n) is 12.7. The molecule has 1 atom stereocenters. The first-order valence-electron chi connectivity index (χ1n) is 6.95. The van der Waals surface area contributed by atoms with Gasteiger partial charge in [-0.2, -0.15) is 0 Å². The number of anilines is 1. The summed E-state index contributed by atoms with van der Waals surface area (Å²) in [6.45, 7) is 2.88. The molecule has 23 heavy (non-hydrogen) atoms. The number of urea groups is 1. The lowest BCUT2D eigenvalue weighted by Crippen LogP contribution is -2.61. The van der Waals surface area contributed by atoms with Gasteiger partial charge in [0.1, 0.15) is 0 Å². The van der Waals surface area contributed by atoms with E-state index in [2.05, 4.69) is 0 Å². The molecule has 0 radical (unpaired) electrons. The highest BCUT2D eigenvalue weighted by molar-refractivity contribution is 6.35. The average Bonchev–Trinajstić information content (AvgIpc) is 2.46. The van der Waals surface area contributed by atoms with Gasteiger partial charge in [-0.15, -0.1) is 0 Å². The molecule has 0 aliphatic carbocycles. The number of barbiturate groups is 1. The molecule has 0 bridgehead atoms. The quantitative estimate of drug-likeness (QED) is 0.626. The largest absolute Gasteiger partial charge is 0.338 e. The topological polar surface area (TPSA) is 74.8 Å². The van der Waals surface area contributed by atoms with Crippen molar-refractivity contribution >= 4 is 40.9 Å². The third kappa shape index (κ3) is 3.17.